The normalized spacial score (nSPS) is 11.3. The molecular weight excluding hydrogens is 601 g/mol. The third kappa shape index (κ3) is 5.22. The van der Waals surface area contributed by atoms with Gasteiger partial charge in [0.15, 0.2) is 23.3 Å². The molecule has 0 aliphatic carbocycles. The molecule has 9 rings (SSSR count). The Morgan fingerprint density at radius 1 is 0.388 bits per heavy atom. The molecule has 49 heavy (non-hydrogen) atoms. The van der Waals surface area contributed by atoms with E-state index in [1.54, 1.807) is 6.20 Å². The summed E-state index contributed by atoms with van der Waals surface area (Å²) in [5.74, 6) is 2.74. The second-order valence-electron chi connectivity index (χ2n) is 11.8. The fourth-order valence-electron chi connectivity index (χ4n) is 6.42. The molecule has 9 aromatic rings. The standard InChI is InChI=1S/C43H28N6/c1-3-13-30(14-4-1)40-46-41(31-15-5-2-6-16-31)48-42(47-40)36-27-26-33(34-17-7-8-18-35(34)36)29-22-24-32(25-23-29)49-39-21-10-9-19-37(39)45-43(49)38-20-11-12-28-44-38/h1-28H. The first-order chi connectivity index (χ1) is 24.3. The van der Waals surface area contributed by atoms with E-state index in [1.807, 2.05) is 97.1 Å². The largest absolute Gasteiger partial charge is 0.291 e. The van der Waals surface area contributed by atoms with Crippen LogP contribution in [0.3, 0.4) is 0 Å². The monoisotopic (exact) mass is 628 g/mol. The lowest BCUT2D eigenvalue weighted by Crippen LogP contribution is -2.00. The second kappa shape index (κ2) is 12.1. The van der Waals surface area contributed by atoms with Gasteiger partial charge in [0, 0.05) is 28.6 Å². The lowest BCUT2D eigenvalue weighted by atomic mass is 9.94. The number of benzene rings is 6. The van der Waals surface area contributed by atoms with Crippen LogP contribution in [0.5, 0.6) is 0 Å². The van der Waals surface area contributed by atoms with Crippen molar-refractivity contribution in [1.29, 1.82) is 0 Å². The average Bonchev–Trinajstić information content (AvgIpc) is 3.58. The van der Waals surface area contributed by atoms with Crippen LogP contribution in [0, 0.1) is 0 Å². The van der Waals surface area contributed by atoms with Crippen LogP contribution >= 0.6 is 0 Å². The summed E-state index contributed by atoms with van der Waals surface area (Å²) < 4.78 is 2.18. The molecule has 6 aromatic carbocycles. The van der Waals surface area contributed by atoms with Crippen molar-refractivity contribution in [3.05, 3.63) is 170 Å². The molecule has 6 heteroatoms. The highest BCUT2D eigenvalue weighted by Crippen LogP contribution is 2.37. The van der Waals surface area contributed by atoms with E-state index in [0.717, 1.165) is 66.8 Å². The number of imidazole rings is 1. The van der Waals surface area contributed by atoms with Crippen molar-refractivity contribution in [3.63, 3.8) is 0 Å². The topological polar surface area (TPSA) is 69.4 Å². The Morgan fingerprint density at radius 2 is 0.959 bits per heavy atom. The first kappa shape index (κ1) is 28.4. The minimum atomic E-state index is 0.639. The van der Waals surface area contributed by atoms with E-state index in [1.165, 1.54) is 0 Å². The smallest absolute Gasteiger partial charge is 0.164 e. The van der Waals surface area contributed by atoms with Crippen molar-refractivity contribution in [1.82, 2.24) is 29.5 Å². The number of hydrogen-bond donors (Lipinski definition) is 0. The fraction of sp³-hybridized carbons (Fsp3) is 0. The Kier molecular flexibility index (Phi) is 7.02. The SMILES string of the molecule is c1ccc(-c2nc(-c3ccccc3)nc(-c3ccc(-c4ccc(-n5c(-c6ccccn6)nc6ccccc65)cc4)c4ccccc34)n2)cc1. The maximum Gasteiger partial charge on any atom is 0.164 e. The van der Waals surface area contributed by atoms with E-state index in [2.05, 4.69) is 76.3 Å². The van der Waals surface area contributed by atoms with Crippen LogP contribution in [-0.2, 0) is 0 Å². The van der Waals surface area contributed by atoms with Gasteiger partial charge in [0.25, 0.3) is 0 Å². The van der Waals surface area contributed by atoms with Crippen molar-refractivity contribution < 1.29 is 0 Å². The van der Waals surface area contributed by atoms with E-state index in [9.17, 15) is 0 Å². The van der Waals surface area contributed by atoms with Crippen LogP contribution in [0.15, 0.2) is 170 Å². The van der Waals surface area contributed by atoms with Gasteiger partial charge in [-0.3, -0.25) is 9.55 Å². The summed E-state index contributed by atoms with van der Waals surface area (Å²) in [6.45, 7) is 0. The van der Waals surface area contributed by atoms with Gasteiger partial charge in [-0.2, -0.15) is 0 Å². The molecule has 0 bridgehead atoms. The third-order valence-electron chi connectivity index (χ3n) is 8.76. The number of nitrogens with zero attached hydrogens (tertiary/aromatic N) is 6. The maximum absolute atomic E-state index is 5.01. The fourth-order valence-corrected chi connectivity index (χ4v) is 6.42. The predicted molar refractivity (Wildman–Crippen MR) is 197 cm³/mol. The summed E-state index contributed by atoms with van der Waals surface area (Å²) in [6, 6.07) is 55.7. The first-order valence-electron chi connectivity index (χ1n) is 16.2. The quantitative estimate of drug-likeness (QED) is 0.183. The van der Waals surface area contributed by atoms with Gasteiger partial charge < -0.3 is 0 Å². The number of hydrogen-bond acceptors (Lipinski definition) is 5. The van der Waals surface area contributed by atoms with Gasteiger partial charge >= 0.3 is 0 Å². The zero-order valence-electron chi connectivity index (χ0n) is 26.3. The molecule has 0 saturated carbocycles. The Balaban J connectivity index is 1.16. The van der Waals surface area contributed by atoms with E-state index >= 15 is 0 Å². The van der Waals surface area contributed by atoms with Crippen molar-refractivity contribution in [2.75, 3.05) is 0 Å². The molecule has 3 heterocycles. The molecule has 0 aliphatic heterocycles. The van der Waals surface area contributed by atoms with Gasteiger partial charge in [-0.25, -0.2) is 19.9 Å². The molecular formula is C43H28N6. The molecule has 6 nitrogen and oxygen atoms in total. The summed E-state index contributed by atoms with van der Waals surface area (Å²) in [7, 11) is 0. The van der Waals surface area contributed by atoms with E-state index in [0.29, 0.717) is 17.5 Å². The molecule has 0 radical (unpaired) electrons. The number of aromatic nitrogens is 6. The summed E-state index contributed by atoms with van der Waals surface area (Å²) in [6.07, 6.45) is 1.80. The van der Waals surface area contributed by atoms with E-state index in [4.69, 9.17) is 19.9 Å². The van der Waals surface area contributed by atoms with Gasteiger partial charge in [-0.05, 0) is 64.4 Å². The third-order valence-corrected chi connectivity index (χ3v) is 8.76. The van der Waals surface area contributed by atoms with Gasteiger partial charge in [0.2, 0.25) is 0 Å². The summed E-state index contributed by atoms with van der Waals surface area (Å²) in [4.78, 5) is 24.5. The van der Waals surface area contributed by atoms with Gasteiger partial charge in [-0.1, -0.05) is 121 Å². The lowest BCUT2D eigenvalue weighted by Gasteiger charge is -2.14. The minimum absolute atomic E-state index is 0.639. The zero-order chi connectivity index (χ0) is 32.6. The van der Waals surface area contributed by atoms with E-state index in [-0.39, 0.29) is 0 Å². The minimum Gasteiger partial charge on any atom is -0.291 e. The molecule has 0 N–H and O–H groups in total. The van der Waals surface area contributed by atoms with Crippen LogP contribution in [-0.4, -0.2) is 29.5 Å². The van der Waals surface area contributed by atoms with Crippen LogP contribution < -0.4 is 0 Å². The second-order valence-corrected chi connectivity index (χ2v) is 11.8. The van der Waals surface area contributed by atoms with Gasteiger partial charge in [0.05, 0.1) is 11.0 Å². The lowest BCUT2D eigenvalue weighted by molar-refractivity contribution is 1.08. The van der Waals surface area contributed by atoms with Crippen molar-refractivity contribution in [2.24, 2.45) is 0 Å². The Bertz CT molecular complexity index is 2520. The number of fused-ring (bicyclic) bond motifs is 2. The summed E-state index contributed by atoms with van der Waals surface area (Å²) in [5, 5.41) is 2.20. The highest BCUT2D eigenvalue weighted by atomic mass is 15.1. The van der Waals surface area contributed by atoms with E-state index < -0.39 is 0 Å². The molecule has 0 spiro atoms. The molecule has 0 unspecified atom stereocenters. The molecule has 3 aromatic heterocycles. The van der Waals surface area contributed by atoms with Crippen molar-refractivity contribution in [3.8, 4) is 62.5 Å². The number of rotatable bonds is 6. The van der Waals surface area contributed by atoms with Gasteiger partial charge in [-0.15, -0.1) is 0 Å². The highest BCUT2D eigenvalue weighted by molar-refractivity contribution is 6.04. The Hall–Kier alpha value is -6.79. The summed E-state index contributed by atoms with van der Waals surface area (Å²) in [5.41, 5.74) is 8.90. The molecule has 0 atom stereocenters. The number of pyridine rings is 1. The van der Waals surface area contributed by atoms with Crippen LogP contribution in [0.4, 0.5) is 0 Å². The highest BCUT2D eigenvalue weighted by Gasteiger charge is 2.18. The number of para-hydroxylation sites is 2. The first-order valence-corrected chi connectivity index (χ1v) is 16.2. The molecule has 0 fully saturated rings. The van der Waals surface area contributed by atoms with Crippen LogP contribution in [0.1, 0.15) is 0 Å². The average molecular weight is 629 g/mol. The Morgan fingerprint density at radius 3 is 1.63 bits per heavy atom. The maximum atomic E-state index is 5.01. The molecule has 0 aliphatic rings. The molecule has 0 amide bonds. The summed E-state index contributed by atoms with van der Waals surface area (Å²) >= 11 is 0. The Labute approximate surface area is 283 Å². The zero-order valence-corrected chi connectivity index (χ0v) is 26.3. The molecule has 230 valence electrons. The van der Waals surface area contributed by atoms with Crippen molar-refractivity contribution >= 4 is 21.8 Å². The van der Waals surface area contributed by atoms with Crippen molar-refractivity contribution in [2.45, 2.75) is 0 Å². The predicted octanol–water partition coefficient (Wildman–Crippen LogP) is 10.1. The van der Waals surface area contributed by atoms with Gasteiger partial charge in [0.1, 0.15) is 5.69 Å². The van der Waals surface area contributed by atoms with Crippen LogP contribution in [0.25, 0.3) is 84.3 Å². The van der Waals surface area contributed by atoms with Crippen LogP contribution in [0.2, 0.25) is 0 Å². The molecule has 0 saturated heterocycles.